The number of nitrogens with one attached hydrogen (secondary N) is 2. The third kappa shape index (κ3) is 7.97. The first-order valence-corrected chi connectivity index (χ1v) is 9.28. The zero-order valence-electron chi connectivity index (χ0n) is 17.5. The summed E-state index contributed by atoms with van der Waals surface area (Å²) in [7, 11) is 3.99. The molecule has 2 N–H and O–H groups in total. The van der Waals surface area contributed by atoms with Crippen molar-refractivity contribution in [1.82, 2.24) is 10.9 Å². The van der Waals surface area contributed by atoms with E-state index in [1.54, 1.807) is 20.8 Å². The highest BCUT2D eigenvalue weighted by Gasteiger charge is 2.16. The molecule has 0 fully saturated rings. The highest BCUT2D eigenvalue weighted by atomic mass is 16.6. The van der Waals surface area contributed by atoms with Crippen LogP contribution in [0.5, 0.6) is 0 Å². The number of hydrazine groups is 1. The van der Waals surface area contributed by atoms with Gasteiger partial charge < -0.3 is 9.64 Å². The van der Waals surface area contributed by atoms with Crippen molar-refractivity contribution in [3.8, 4) is 11.8 Å². The molecule has 0 saturated carbocycles. The minimum atomic E-state index is -0.699. The van der Waals surface area contributed by atoms with Crippen LogP contribution in [-0.4, -0.2) is 31.7 Å². The Bertz CT molecular complexity index is 900. The van der Waals surface area contributed by atoms with Crippen LogP contribution in [0.2, 0.25) is 0 Å². The average molecular weight is 393 g/mol. The van der Waals surface area contributed by atoms with Gasteiger partial charge in [0, 0.05) is 30.9 Å². The van der Waals surface area contributed by atoms with Gasteiger partial charge in [-0.15, -0.1) is 0 Å². The molecular weight excluding hydrogens is 366 g/mol. The van der Waals surface area contributed by atoms with E-state index < -0.39 is 11.7 Å². The van der Waals surface area contributed by atoms with Crippen LogP contribution in [0.25, 0.3) is 0 Å². The standard InChI is InChI=1S/C23H27N3O3/c1-23(2,3)29-22(28)25-24-21(27)16-19-10-8-17(9-11-19)6-7-18-12-14-20(15-13-18)26(4)5/h8-15H,16H2,1-5H3,(H,24,27)(H,25,28). The Balaban J connectivity index is 1.87. The maximum Gasteiger partial charge on any atom is 0.426 e. The molecule has 0 spiro atoms. The van der Waals surface area contributed by atoms with E-state index in [9.17, 15) is 9.59 Å². The highest BCUT2D eigenvalue weighted by Crippen LogP contribution is 2.12. The Labute approximate surface area is 172 Å². The Morgan fingerprint density at radius 1 is 0.897 bits per heavy atom. The number of carbonyl (C=O) groups excluding carboxylic acids is 2. The van der Waals surface area contributed by atoms with Crippen LogP contribution in [0.15, 0.2) is 48.5 Å². The summed E-state index contributed by atoms with van der Waals surface area (Å²) < 4.78 is 5.05. The molecule has 2 aromatic rings. The van der Waals surface area contributed by atoms with E-state index in [-0.39, 0.29) is 12.3 Å². The number of amides is 2. The summed E-state index contributed by atoms with van der Waals surface area (Å²) in [6, 6.07) is 15.4. The average Bonchev–Trinajstić information content (AvgIpc) is 2.65. The first-order chi connectivity index (χ1) is 13.6. The lowest BCUT2D eigenvalue weighted by atomic mass is 10.1. The van der Waals surface area contributed by atoms with Crippen LogP contribution in [-0.2, 0) is 16.0 Å². The lowest BCUT2D eigenvalue weighted by molar-refractivity contribution is -0.121. The van der Waals surface area contributed by atoms with Crippen molar-refractivity contribution in [3.63, 3.8) is 0 Å². The van der Waals surface area contributed by atoms with Gasteiger partial charge in [-0.3, -0.25) is 10.2 Å². The summed E-state index contributed by atoms with van der Waals surface area (Å²) in [4.78, 5) is 25.5. The topological polar surface area (TPSA) is 70.7 Å². The number of hydrogen-bond acceptors (Lipinski definition) is 4. The summed E-state index contributed by atoms with van der Waals surface area (Å²) in [6.07, 6.45) is -0.565. The molecule has 0 aliphatic carbocycles. The van der Waals surface area contributed by atoms with Gasteiger partial charge in [0.15, 0.2) is 0 Å². The molecule has 2 rings (SSSR count). The van der Waals surface area contributed by atoms with Gasteiger partial charge in [0.25, 0.3) is 0 Å². The van der Waals surface area contributed by atoms with Crippen molar-refractivity contribution in [1.29, 1.82) is 0 Å². The second-order valence-corrected chi connectivity index (χ2v) is 7.74. The molecule has 2 aromatic carbocycles. The second kappa shape index (κ2) is 9.65. The minimum Gasteiger partial charge on any atom is -0.443 e. The Kier molecular flexibility index (Phi) is 7.27. The summed E-state index contributed by atoms with van der Waals surface area (Å²) >= 11 is 0. The number of anilines is 1. The monoisotopic (exact) mass is 393 g/mol. The van der Waals surface area contributed by atoms with E-state index in [2.05, 4.69) is 22.7 Å². The molecule has 0 atom stereocenters. The molecule has 0 aliphatic rings. The van der Waals surface area contributed by atoms with E-state index in [1.165, 1.54) is 0 Å². The molecule has 6 heteroatoms. The van der Waals surface area contributed by atoms with Gasteiger partial charge in [-0.25, -0.2) is 10.2 Å². The van der Waals surface area contributed by atoms with Crippen LogP contribution < -0.4 is 15.8 Å². The van der Waals surface area contributed by atoms with Crippen LogP contribution in [0.1, 0.15) is 37.5 Å². The predicted molar refractivity (Wildman–Crippen MR) is 114 cm³/mol. The van der Waals surface area contributed by atoms with Crippen LogP contribution in [0.4, 0.5) is 10.5 Å². The van der Waals surface area contributed by atoms with Gasteiger partial charge in [0.2, 0.25) is 5.91 Å². The lowest BCUT2D eigenvalue weighted by Crippen LogP contribution is -2.44. The van der Waals surface area contributed by atoms with Gasteiger partial charge in [-0.1, -0.05) is 24.0 Å². The molecule has 0 radical (unpaired) electrons. The summed E-state index contributed by atoms with van der Waals surface area (Å²) in [5, 5.41) is 0. The van der Waals surface area contributed by atoms with Crippen molar-refractivity contribution in [2.24, 2.45) is 0 Å². The fourth-order valence-corrected chi connectivity index (χ4v) is 2.35. The molecule has 29 heavy (non-hydrogen) atoms. The maximum atomic E-state index is 11.9. The number of carbonyl (C=O) groups is 2. The largest absolute Gasteiger partial charge is 0.443 e. The van der Waals surface area contributed by atoms with Crippen molar-refractivity contribution >= 4 is 17.7 Å². The smallest absolute Gasteiger partial charge is 0.426 e. The molecule has 0 aromatic heterocycles. The molecule has 0 saturated heterocycles. The third-order valence-corrected chi connectivity index (χ3v) is 3.76. The molecule has 0 unspecified atom stereocenters. The number of benzene rings is 2. The number of rotatable bonds is 3. The molecular formula is C23H27N3O3. The quantitative estimate of drug-likeness (QED) is 0.620. The van der Waals surface area contributed by atoms with Gasteiger partial charge >= 0.3 is 6.09 Å². The first kappa shape index (κ1) is 21.8. The first-order valence-electron chi connectivity index (χ1n) is 9.28. The zero-order valence-corrected chi connectivity index (χ0v) is 17.5. The SMILES string of the molecule is CN(C)c1ccc(C#Cc2ccc(CC(=O)NNC(=O)OC(C)(C)C)cc2)cc1. The third-order valence-electron chi connectivity index (χ3n) is 3.76. The van der Waals surface area contributed by atoms with Crippen LogP contribution >= 0.6 is 0 Å². The molecule has 0 heterocycles. The Hall–Kier alpha value is -3.46. The van der Waals surface area contributed by atoms with Crippen molar-refractivity contribution < 1.29 is 14.3 Å². The molecule has 0 bridgehead atoms. The van der Waals surface area contributed by atoms with E-state index in [4.69, 9.17) is 4.74 Å². The van der Waals surface area contributed by atoms with Gasteiger partial charge in [-0.2, -0.15) is 0 Å². The highest BCUT2D eigenvalue weighted by molar-refractivity contribution is 5.81. The summed E-state index contributed by atoms with van der Waals surface area (Å²) in [6.45, 7) is 5.24. The number of nitrogens with zero attached hydrogens (tertiary/aromatic N) is 1. The second-order valence-electron chi connectivity index (χ2n) is 7.74. The fourth-order valence-electron chi connectivity index (χ4n) is 2.35. The fraction of sp³-hybridized carbons (Fsp3) is 0.304. The van der Waals surface area contributed by atoms with Gasteiger partial charge in [-0.05, 0) is 62.7 Å². The van der Waals surface area contributed by atoms with E-state index in [0.29, 0.717) is 0 Å². The van der Waals surface area contributed by atoms with Crippen LogP contribution in [0, 0.1) is 11.8 Å². The molecule has 2 amide bonds. The minimum absolute atomic E-state index is 0.134. The Morgan fingerprint density at radius 2 is 1.41 bits per heavy atom. The van der Waals surface area contributed by atoms with E-state index in [1.807, 2.05) is 67.5 Å². The Morgan fingerprint density at radius 3 is 1.90 bits per heavy atom. The van der Waals surface area contributed by atoms with Crippen molar-refractivity contribution in [2.45, 2.75) is 32.8 Å². The van der Waals surface area contributed by atoms with Gasteiger partial charge in [0.05, 0.1) is 6.42 Å². The zero-order chi connectivity index (χ0) is 21.4. The summed E-state index contributed by atoms with van der Waals surface area (Å²) in [5.74, 6) is 5.91. The van der Waals surface area contributed by atoms with Crippen LogP contribution in [0.3, 0.4) is 0 Å². The molecule has 152 valence electrons. The summed E-state index contributed by atoms with van der Waals surface area (Å²) in [5.41, 5.74) is 7.68. The lowest BCUT2D eigenvalue weighted by Gasteiger charge is -2.19. The number of ether oxygens (including phenoxy) is 1. The normalized spacial score (nSPS) is 10.4. The molecule has 6 nitrogen and oxygen atoms in total. The number of hydrogen-bond donors (Lipinski definition) is 2. The van der Waals surface area contributed by atoms with Crippen molar-refractivity contribution in [2.75, 3.05) is 19.0 Å². The predicted octanol–water partition coefficient (Wildman–Crippen LogP) is 3.25. The maximum absolute atomic E-state index is 11.9. The molecule has 0 aliphatic heterocycles. The van der Waals surface area contributed by atoms with E-state index in [0.717, 1.165) is 22.4 Å². The van der Waals surface area contributed by atoms with Crippen molar-refractivity contribution in [3.05, 3.63) is 65.2 Å². The van der Waals surface area contributed by atoms with Gasteiger partial charge in [0.1, 0.15) is 5.60 Å². The van der Waals surface area contributed by atoms with E-state index >= 15 is 0 Å².